The number of nitrogens with one attached hydrogen (secondary N) is 2. The van der Waals surface area contributed by atoms with Crippen molar-refractivity contribution in [2.45, 2.75) is 19.4 Å². The van der Waals surface area contributed by atoms with E-state index in [1.807, 2.05) is 53.4 Å². The highest BCUT2D eigenvalue weighted by Crippen LogP contribution is 2.32. The standard InChI is InChI=1S/C25H25N3O4/c1-31-22-12-10-20(15-23(22)32-2)27-25(30)26-19-9-11-21-18(14-19)8-13-24(29)28(21)16-17-6-4-3-5-7-17/h3-7,9-12,14-15H,8,13,16H2,1-2H3,(H2,26,27,30). The smallest absolute Gasteiger partial charge is 0.323 e. The Kier molecular flexibility index (Phi) is 6.26. The van der Waals surface area contributed by atoms with E-state index in [0.29, 0.717) is 42.3 Å². The lowest BCUT2D eigenvalue weighted by molar-refractivity contribution is -0.119. The third kappa shape index (κ3) is 4.67. The molecule has 0 spiro atoms. The molecule has 2 N–H and O–H groups in total. The van der Waals surface area contributed by atoms with Crippen LogP contribution in [0, 0.1) is 0 Å². The summed E-state index contributed by atoms with van der Waals surface area (Å²) in [4.78, 5) is 26.9. The van der Waals surface area contributed by atoms with E-state index in [2.05, 4.69) is 10.6 Å². The number of benzene rings is 3. The second kappa shape index (κ2) is 9.43. The van der Waals surface area contributed by atoms with Gasteiger partial charge in [-0.1, -0.05) is 30.3 Å². The molecule has 1 aliphatic heterocycles. The molecule has 0 saturated heterocycles. The van der Waals surface area contributed by atoms with Crippen LogP contribution in [0.4, 0.5) is 21.9 Å². The topological polar surface area (TPSA) is 79.9 Å². The van der Waals surface area contributed by atoms with Crippen molar-refractivity contribution in [2.24, 2.45) is 0 Å². The molecule has 0 fully saturated rings. The number of hydrogen-bond acceptors (Lipinski definition) is 4. The fourth-order valence-electron chi connectivity index (χ4n) is 3.78. The molecule has 164 valence electrons. The maximum Gasteiger partial charge on any atom is 0.323 e. The van der Waals surface area contributed by atoms with Gasteiger partial charge in [0.05, 0.1) is 20.8 Å². The predicted molar refractivity (Wildman–Crippen MR) is 125 cm³/mol. The third-order valence-corrected chi connectivity index (χ3v) is 5.36. The van der Waals surface area contributed by atoms with Crippen LogP contribution in [-0.4, -0.2) is 26.2 Å². The van der Waals surface area contributed by atoms with Crippen molar-refractivity contribution in [1.82, 2.24) is 0 Å². The normalized spacial score (nSPS) is 12.7. The van der Waals surface area contributed by atoms with Gasteiger partial charge >= 0.3 is 6.03 Å². The summed E-state index contributed by atoms with van der Waals surface area (Å²) in [5.74, 6) is 1.22. The van der Waals surface area contributed by atoms with Gasteiger partial charge in [0.2, 0.25) is 5.91 Å². The molecule has 0 atom stereocenters. The summed E-state index contributed by atoms with van der Waals surface area (Å²) in [6.07, 6.45) is 1.09. The van der Waals surface area contributed by atoms with E-state index >= 15 is 0 Å². The van der Waals surface area contributed by atoms with Gasteiger partial charge in [-0.2, -0.15) is 0 Å². The second-order valence-electron chi connectivity index (χ2n) is 7.46. The molecule has 7 nitrogen and oxygen atoms in total. The lowest BCUT2D eigenvalue weighted by Crippen LogP contribution is -2.34. The van der Waals surface area contributed by atoms with Gasteiger partial charge in [-0.15, -0.1) is 0 Å². The first-order valence-electron chi connectivity index (χ1n) is 10.3. The van der Waals surface area contributed by atoms with Crippen LogP contribution < -0.4 is 25.0 Å². The number of rotatable bonds is 6. The van der Waals surface area contributed by atoms with Crippen LogP contribution in [0.3, 0.4) is 0 Å². The number of methoxy groups -OCH3 is 2. The van der Waals surface area contributed by atoms with Crippen molar-refractivity contribution in [3.05, 3.63) is 77.9 Å². The predicted octanol–water partition coefficient (Wildman–Crippen LogP) is 4.83. The fourth-order valence-corrected chi connectivity index (χ4v) is 3.78. The molecule has 7 heteroatoms. The number of carbonyl (C=O) groups excluding carboxylic acids is 2. The number of anilines is 3. The highest BCUT2D eigenvalue weighted by molar-refractivity contribution is 6.01. The van der Waals surface area contributed by atoms with Crippen molar-refractivity contribution >= 4 is 29.0 Å². The lowest BCUT2D eigenvalue weighted by atomic mass is 9.99. The maximum atomic E-state index is 12.6. The van der Waals surface area contributed by atoms with Gasteiger partial charge in [-0.3, -0.25) is 4.79 Å². The fraction of sp³-hybridized carbons (Fsp3) is 0.200. The van der Waals surface area contributed by atoms with Crippen LogP contribution in [0.25, 0.3) is 0 Å². The van der Waals surface area contributed by atoms with Crippen LogP contribution in [0.2, 0.25) is 0 Å². The SMILES string of the molecule is COc1ccc(NC(=O)Nc2ccc3c(c2)CCC(=O)N3Cc2ccccc2)cc1OC. The quantitative estimate of drug-likeness (QED) is 0.586. The molecule has 0 radical (unpaired) electrons. The molecule has 3 amide bonds. The second-order valence-corrected chi connectivity index (χ2v) is 7.46. The summed E-state index contributed by atoms with van der Waals surface area (Å²) < 4.78 is 10.5. The minimum Gasteiger partial charge on any atom is -0.493 e. The Morgan fingerprint density at radius 2 is 1.56 bits per heavy atom. The number of carbonyl (C=O) groups is 2. The molecule has 0 unspecified atom stereocenters. The van der Waals surface area contributed by atoms with Gasteiger partial charge in [0.25, 0.3) is 0 Å². The monoisotopic (exact) mass is 431 g/mol. The lowest BCUT2D eigenvalue weighted by Gasteiger charge is -2.30. The Balaban J connectivity index is 1.47. The molecule has 3 aromatic rings. The minimum absolute atomic E-state index is 0.105. The van der Waals surface area contributed by atoms with Gasteiger partial charge in [0.15, 0.2) is 11.5 Å². The van der Waals surface area contributed by atoms with Gasteiger partial charge in [0.1, 0.15) is 0 Å². The zero-order valence-electron chi connectivity index (χ0n) is 18.1. The maximum absolute atomic E-state index is 12.6. The van der Waals surface area contributed by atoms with Crippen LogP contribution in [0.5, 0.6) is 11.5 Å². The Labute approximate surface area is 187 Å². The van der Waals surface area contributed by atoms with Gasteiger partial charge < -0.3 is 25.0 Å². The molecule has 0 bridgehead atoms. The van der Waals surface area contributed by atoms with Crippen molar-refractivity contribution in [2.75, 3.05) is 29.8 Å². The van der Waals surface area contributed by atoms with E-state index in [-0.39, 0.29) is 11.9 Å². The molecular formula is C25H25N3O4. The van der Waals surface area contributed by atoms with E-state index in [4.69, 9.17) is 9.47 Å². The Morgan fingerprint density at radius 1 is 0.875 bits per heavy atom. The number of hydrogen-bond donors (Lipinski definition) is 2. The zero-order valence-corrected chi connectivity index (χ0v) is 18.1. The Morgan fingerprint density at radius 3 is 2.28 bits per heavy atom. The average Bonchev–Trinajstić information content (AvgIpc) is 2.81. The number of ether oxygens (including phenoxy) is 2. The molecule has 0 saturated carbocycles. The summed E-state index contributed by atoms with van der Waals surface area (Å²) >= 11 is 0. The first-order valence-corrected chi connectivity index (χ1v) is 10.3. The van der Waals surface area contributed by atoms with Crippen molar-refractivity contribution in [3.8, 4) is 11.5 Å². The summed E-state index contributed by atoms with van der Waals surface area (Å²) in [5.41, 5.74) is 4.24. The summed E-state index contributed by atoms with van der Waals surface area (Å²) in [5, 5.41) is 5.65. The zero-order chi connectivity index (χ0) is 22.5. The number of urea groups is 1. The van der Waals surface area contributed by atoms with E-state index in [0.717, 1.165) is 16.8 Å². The molecule has 1 aliphatic rings. The molecule has 1 heterocycles. The van der Waals surface area contributed by atoms with Crippen molar-refractivity contribution < 1.29 is 19.1 Å². The Hall–Kier alpha value is -4.00. The number of nitrogens with zero attached hydrogens (tertiary/aromatic N) is 1. The van der Waals surface area contributed by atoms with Crippen molar-refractivity contribution in [1.29, 1.82) is 0 Å². The molecular weight excluding hydrogens is 406 g/mol. The van der Waals surface area contributed by atoms with E-state index in [9.17, 15) is 9.59 Å². The van der Waals surface area contributed by atoms with Crippen LogP contribution in [0.15, 0.2) is 66.7 Å². The third-order valence-electron chi connectivity index (χ3n) is 5.36. The molecule has 4 rings (SSSR count). The molecule has 3 aromatic carbocycles. The van der Waals surface area contributed by atoms with Gasteiger partial charge in [-0.05, 0) is 47.9 Å². The Bertz CT molecular complexity index is 1130. The van der Waals surface area contributed by atoms with Crippen LogP contribution >= 0.6 is 0 Å². The summed E-state index contributed by atoms with van der Waals surface area (Å²) in [7, 11) is 3.10. The number of amides is 3. The summed E-state index contributed by atoms with van der Waals surface area (Å²) in [6.45, 7) is 0.527. The number of aryl methyl sites for hydroxylation is 1. The van der Waals surface area contributed by atoms with E-state index in [1.165, 1.54) is 0 Å². The van der Waals surface area contributed by atoms with Gasteiger partial charge in [0, 0.05) is 29.5 Å². The first-order chi connectivity index (χ1) is 15.6. The molecule has 0 aliphatic carbocycles. The van der Waals surface area contributed by atoms with E-state index in [1.54, 1.807) is 32.4 Å². The first kappa shape index (κ1) is 21.2. The number of fused-ring (bicyclic) bond motifs is 1. The van der Waals surface area contributed by atoms with E-state index < -0.39 is 0 Å². The largest absolute Gasteiger partial charge is 0.493 e. The highest BCUT2D eigenvalue weighted by atomic mass is 16.5. The molecule has 0 aromatic heterocycles. The molecule has 32 heavy (non-hydrogen) atoms. The highest BCUT2D eigenvalue weighted by Gasteiger charge is 2.24. The van der Waals surface area contributed by atoms with Crippen LogP contribution in [-0.2, 0) is 17.8 Å². The van der Waals surface area contributed by atoms with Crippen LogP contribution in [0.1, 0.15) is 17.5 Å². The summed E-state index contributed by atoms with van der Waals surface area (Å²) in [6, 6.07) is 20.3. The minimum atomic E-state index is -0.370. The van der Waals surface area contributed by atoms with Gasteiger partial charge in [-0.25, -0.2) is 4.79 Å². The average molecular weight is 431 g/mol. The van der Waals surface area contributed by atoms with Crippen molar-refractivity contribution in [3.63, 3.8) is 0 Å².